The average Bonchev–Trinajstić information content (AvgIpc) is 2.26. The van der Waals surface area contributed by atoms with Crippen LogP contribution >= 0.6 is 0 Å². The molecule has 0 bridgehead atoms. The van der Waals surface area contributed by atoms with Crippen LogP contribution in [0.1, 0.15) is 19.4 Å². The molecular formula is C12H16O5S. The first kappa shape index (κ1) is 14.7. The van der Waals surface area contributed by atoms with Gasteiger partial charge in [0.15, 0.2) is 15.9 Å². The Hall–Kier alpha value is -1.40. The summed E-state index contributed by atoms with van der Waals surface area (Å²) >= 11 is 0. The monoisotopic (exact) mass is 272 g/mol. The molecule has 1 aromatic rings. The average molecular weight is 272 g/mol. The number of sulfone groups is 1. The van der Waals surface area contributed by atoms with Gasteiger partial charge >= 0.3 is 5.97 Å². The Labute approximate surface area is 106 Å². The van der Waals surface area contributed by atoms with E-state index in [0.717, 1.165) is 6.26 Å². The highest BCUT2D eigenvalue weighted by atomic mass is 32.2. The molecule has 6 heteroatoms. The molecular weight excluding hydrogens is 256 g/mol. The van der Waals surface area contributed by atoms with Gasteiger partial charge in [0.25, 0.3) is 0 Å². The normalized spacial score (nSPS) is 14.2. The fourth-order valence-corrected chi connectivity index (χ4v) is 2.83. The fraction of sp³-hybridized carbons (Fsp3) is 0.417. The number of benzene rings is 1. The van der Waals surface area contributed by atoms with E-state index in [1.807, 2.05) is 0 Å². The van der Waals surface area contributed by atoms with Gasteiger partial charge in [-0.15, -0.1) is 0 Å². The zero-order chi connectivity index (χ0) is 14.1. The smallest absolute Gasteiger partial charge is 0.333 e. The van der Waals surface area contributed by atoms with Crippen LogP contribution in [-0.2, 0) is 20.0 Å². The summed E-state index contributed by atoms with van der Waals surface area (Å²) in [6.07, 6.45) is -0.630. The summed E-state index contributed by atoms with van der Waals surface area (Å²) in [5.41, 5.74) is -0.909. The molecule has 0 amide bonds. The minimum Gasteiger partial charge on any atom is -0.479 e. The molecule has 1 rings (SSSR count). The van der Waals surface area contributed by atoms with Crippen LogP contribution in [0.5, 0.6) is 0 Å². The molecule has 0 aliphatic rings. The van der Waals surface area contributed by atoms with Crippen LogP contribution in [-0.4, -0.2) is 37.0 Å². The van der Waals surface area contributed by atoms with Crippen molar-refractivity contribution in [3.63, 3.8) is 0 Å². The number of rotatable bonds is 4. The quantitative estimate of drug-likeness (QED) is 0.846. The maximum absolute atomic E-state index is 11.7. The lowest BCUT2D eigenvalue weighted by Gasteiger charge is -2.29. The van der Waals surface area contributed by atoms with Crippen molar-refractivity contribution in [2.45, 2.75) is 30.3 Å². The van der Waals surface area contributed by atoms with Gasteiger partial charge in [-0.1, -0.05) is 32.0 Å². The molecule has 1 aromatic carbocycles. The lowest BCUT2D eigenvalue weighted by molar-refractivity contribution is -0.150. The molecule has 0 heterocycles. The SMILES string of the molecule is CC(C)(c1ccccc1S(C)(=O)=O)C(O)C(=O)O. The molecule has 18 heavy (non-hydrogen) atoms. The van der Waals surface area contributed by atoms with E-state index in [2.05, 4.69) is 0 Å². The number of aliphatic hydroxyl groups is 1. The van der Waals surface area contributed by atoms with E-state index < -0.39 is 27.3 Å². The van der Waals surface area contributed by atoms with E-state index in [1.54, 1.807) is 12.1 Å². The van der Waals surface area contributed by atoms with Crippen LogP contribution < -0.4 is 0 Å². The molecule has 0 aliphatic heterocycles. The number of aliphatic carboxylic acids is 1. The van der Waals surface area contributed by atoms with Crippen molar-refractivity contribution < 1.29 is 23.4 Å². The third-order valence-electron chi connectivity index (χ3n) is 2.90. The second kappa shape index (κ2) is 4.70. The second-order valence-electron chi connectivity index (χ2n) is 4.73. The number of hydrogen-bond donors (Lipinski definition) is 2. The molecule has 1 unspecified atom stereocenters. The number of carbonyl (C=O) groups is 1. The van der Waals surface area contributed by atoms with Gasteiger partial charge in [0.1, 0.15) is 0 Å². The van der Waals surface area contributed by atoms with Crippen molar-refractivity contribution in [2.75, 3.05) is 6.26 Å². The first-order chi connectivity index (χ1) is 8.08. The van der Waals surface area contributed by atoms with Crippen molar-refractivity contribution in [1.29, 1.82) is 0 Å². The predicted octanol–water partition coefficient (Wildman–Crippen LogP) is 0.813. The molecule has 0 saturated carbocycles. The van der Waals surface area contributed by atoms with Gasteiger partial charge in [0.05, 0.1) is 4.90 Å². The van der Waals surface area contributed by atoms with E-state index >= 15 is 0 Å². The van der Waals surface area contributed by atoms with Crippen LogP contribution in [0, 0.1) is 0 Å². The highest BCUT2D eigenvalue weighted by Gasteiger charge is 2.37. The zero-order valence-corrected chi connectivity index (χ0v) is 11.2. The van der Waals surface area contributed by atoms with Gasteiger partial charge in [-0.25, -0.2) is 13.2 Å². The molecule has 5 nitrogen and oxygen atoms in total. The van der Waals surface area contributed by atoms with E-state index in [1.165, 1.54) is 26.0 Å². The minimum atomic E-state index is -3.48. The first-order valence-corrected chi connectivity index (χ1v) is 7.18. The van der Waals surface area contributed by atoms with Crippen molar-refractivity contribution in [3.05, 3.63) is 29.8 Å². The number of hydrogen-bond acceptors (Lipinski definition) is 4. The lowest BCUT2D eigenvalue weighted by Crippen LogP contribution is -2.40. The number of carboxylic acid groups (broad SMARTS) is 1. The third kappa shape index (κ3) is 2.70. The first-order valence-electron chi connectivity index (χ1n) is 5.29. The summed E-state index contributed by atoms with van der Waals surface area (Å²) in [7, 11) is -3.48. The minimum absolute atomic E-state index is 0.0373. The summed E-state index contributed by atoms with van der Waals surface area (Å²) in [5, 5.41) is 18.6. The molecule has 0 aliphatic carbocycles. The second-order valence-corrected chi connectivity index (χ2v) is 6.71. The van der Waals surface area contributed by atoms with Gasteiger partial charge in [-0.05, 0) is 11.6 Å². The summed E-state index contributed by atoms with van der Waals surface area (Å²) in [6, 6.07) is 6.09. The Balaban J connectivity index is 3.47. The van der Waals surface area contributed by atoms with Crippen LogP contribution in [0.4, 0.5) is 0 Å². The van der Waals surface area contributed by atoms with Crippen molar-refractivity contribution >= 4 is 15.8 Å². The fourth-order valence-electron chi connectivity index (χ4n) is 1.78. The van der Waals surface area contributed by atoms with Gasteiger partial charge in [0.2, 0.25) is 0 Å². The predicted molar refractivity (Wildman–Crippen MR) is 66.2 cm³/mol. The summed E-state index contributed by atoms with van der Waals surface area (Å²) in [4.78, 5) is 10.9. The molecule has 0 spiro atoms. The number of carboxylic acids is 1. The van der Waals surface area contributed by atoms with Crippen molar-refractivity contribution in [2.24, 2.45) is 0 Å². The van der Waals surface area contributed by atoms with E-state index in [-0.39, 0.29) is 4.90 Å². The summed E-state index contributed by atoms with van der Waals surface area (Å²) in [5.74, 6) is -1.39. The van der Waals surface area contributed by atoms with Gasteiger partial charge in [-0.2, -0.15) is 0 Å². The van der Waals surface area contributed by atoms with Crippen LogP contribution in [0.15, 0.2) is 29.2 Å². The Kier molecular flexibility index (Phi) is 3.83. The molecule has 0 radical (unpaired) electrons. The Morgan fingerprint density at radius 1 is 1.28 bits per heavy atom. The van der Waals surface area contributed by atoms with E-state index in [4.69, 9.17) is 5.11 Å². The molecule has 0 aromatic heterocycles. The molecule has 1 atom stereocenters. The third-order valence-corrected chi connectivity index (χ3v) is 4.05. The molecule has 100 valence electrons. The Morgan fingerprint density at radius 2 is 1.78 bits per heavy atom. The van der Waals surface area contributed by atoms with Gasteiger partial charge in [-0.3, -0.25) is 0 Å². The largest absolute Gasteiger partial charge is 0.479 e. The highest BCUT2D eigenvalue weighted by molar-refractivity contribution is 7.90. The zero-order valence-electron chi connectivity index (χ0n) is 10.4. The lowest BCUT2D eigenvalue weighted by atomic mass is 9.79. The Bertz CT molecular complexity index is 560. The van der Waals surface area contributed by atoms with Crippen LogP contribution in [0.2, 0.25) is 0 Å². The summed E-state index contributed by atoms with van der Waals surface area (Å²) in [6.45, 7) is 2.99. The molecule has 0 saturated heterocycles. The van der Waals surface area contributed by atoms with Gasteiger partial charge in [0, 0.05) is 11.7 Å². The molecule has 2 N–H and O–H groups in total. The van der Waals surface area contributed by atoms with Crippen molar-refractivity contribution in [3.8, 4) is 0 Å². The van der Waals surface area contributed by atoms with Crippen LogP contribution in [0.25, 0.3) is 0 Å². The topological polar surface area (TPSA) is 91.7 Å². The summed E-state index contributed by atoms with van der Waals surface area (Å²) < 4.78 is 23.3. The van der Waals surface area contributed by atoms with E-state index in [9.17, 15) is 18.3 Å². The Morgan fingerprint density at radius 3 is 2.22 bits per heavy atom. The standard InChI is InChI=1S/C12H16O5S/c1-12(2,10(13)11(14)15)8-6-4-5-7-9(8)18(3,16)17/h4-7,10,13H,1-3H3,(H,14,15). The van der Waals surface area contributed by atoms with Crippen LogP contribution in [0.3, 0.4) is 0 Å². The highest BCUT2D eigenvalue weighted by Crippen LogP contribution is 2.32. The van der Waals surface area contributed by atoms with Crippen molar-refractivity contribution in [1.82, 2.24) is 0 Å². The van der Waals surface area contributed by atoms with Gasteiger partial charge < -0.3 is 10.2 Å². The number of aliphatic hydroxyl groups excluding tert-OH is 1. The molecule has 0 fully saturated rings. The maximum Gasteiger partial charge on any atom is 0.333 e. The van der Waals surface area contributed by atoms with E-state index in [0.29, 0.717) is 5.56 Å². The maximum atomic E-state index is 11.7.